The Hall–Kier alpha value is -3.01. The van der Waals surface area contributed by atoms with Gasteiger partial charge in [-0.1, -0.05) is 0 Å². The van der Waals surface area contributed by atoms with Gasteiger partial charge in [0.2, 0.25) is 5.69 Å². The van der Waals surface area contributed by atoms with Crippen LogP contribution in [0.2, 0.25) is 0 Å². The molecule has 0 aliphatic heterocycles. The number of hydrogen-bond donors (Lipinski definition) is 1. The van der Waals surface area contributed by atoms with Gasteiger partial charge in [-0.2, -0.15) is 0 Å². The fourth-order valence-electron chi connectivity index (χ4n) is 3.00. The molecule has 0 fully saturated rings. The molecule has 118 valence electrons. The molecule has 0 saturated carbocycles. The van der Waals surface area contributed by atoms with Crippen molar-refractivity contribution in [1.29, 1.82) is 0 Å². The smallest absolute Gasteiger partial charge is 0.221 e. The first-order valence-electron chi connectivity index (χ1n) is 7.65. The Balaban J connectivity index is 1.92. The highest BCUT2D eigenvalue weighted by Gasteiger charge is 2.17. The van der Waals surface area contributed by atoms with Gasteiger partial charge in [0.1, 0.15) is 18.7 Å². The number of aromatic amines is 1. The summed E-state index contributed by atoms with van der Waals surface area (Å²) in [5, 5.41) is 1.03. The highest BCUT2D eigenvalue weighted by molar-refractivity contribution is 5.94. The third-order valence-corrected chi connectivity index (χ3v) is 4.19. The van der Waals surface area contributed by atoms with Crippen molar-refractivity contribution < 1.29 is 13.3 Å². The molecule has 1 N–H and O–H groups in total. The molecule has 0 radical (unpaired) electrons. The fraction of sp³-hybridized carbons (Fsp3) is 0.0500. The number of hydrogen-bond acceptors (Lipinski definition) is 0. The van der Waals surface area contributed by atoms with E-state index in [4.69, 9.17) is 0 Å². The molecule has 0 spiro atoms. The zero-order valence-electron chi connectivity index (χ0n) is 13.1. The van der Waals surface area contributed by atoms with Gasteiger partial charge in [-0.25, -0.2) is 13.3 Å². The lowest BCUT2D eigenvalue weighted by molar-refractivity contribution is -0.659. The van der Waals surface area contributed by atoms with E-state index in [1.807, 2.05) is 29.9 Å². The number of halogens is 2. The lowest BCUT2D eigenvalue weighted by Gasteiger charge is -2.01. The van der Waals surface area contributed by atoms with E-state index in [1.54, 1.807) is 24.3 Å². The third-order valence-electron chi connectivity index (χ3n) is 4.19. The number of fused-ring (bicyclic) bond motifs is 1. The summed E-state index contributed by atoms with van der Waals surface area (Å²) < 4.78 is 28.4. The summed E-state index contributed by atoms with van der Waals surface area (Å²) in [5.74, 6) is -0.511. The Morgan fingerprint density at radius 3 is 2.00 bits per heavy atom. The minimum Gasteiger partial charge on any atom is -0.354 e. The quantitative estimate of drug-likeness (QED) is 0.520. The molecule has 0 atom stereocenters. The van der Waals surface area contributed by atoms with E-state index in [0.29, 0.717) is 0 Å². The van der Waals surface area contributed by atoms with E-state index >= 15 is 0 Å². The molecule has 2 aromatic carbocycles. The van der Waals surface area contributed by atoms with Gasteiger partial charge < -0.3 is 4.98 Å². The Labute approximate surface area is 138 Å². The van der Waals surface area contributed by atoms with Crippen LogP contribution >= 0.6 is 0 Å². The number of aryl methyl sites for hydroxylation is 1. The maximum Gasteiger partial charge on any atom is 0.221 e. The molecule has 4 heteroatoms. The maximum atomic E-state index is 13.2. The van der Waals surface area contributed by atoms with Crippen LogP contribution in [0, 0.1) is 11.6 Å². The summed E-state index contributed by atoms with van der Waals surface area (Å²) in [7, 11) is 1.96. The highest BCUT2D eigenvalue weighted by atomic mass is 19.1. The first-order valence-corrected chi connectivity index (χ1v) is 7.65. The van der Waals surface area contributed by atoms with Crippen LogP contribution < -0.4 is 4.57 Å². The predicted octanol–water partition coefficient (Wildman–Crippen LogP) is 4.60. The Morgan fingerprint density at radius 2 is 1.38 bits per heavy atom. The molecule has 0 aliphatic carbocycles. The Morgan fingerprint density at radius 1 is 0.792 bits per heavy atom. The van der Waals surface area contributed by atoms with Crippen molar-refractivity contribution in [3.63, 3.8) is 0 Å². The lowest BCUT2D eigenvalue weighted by atomic mass is 10.1. The van der Waals surface area contributed by atoms with E-state index in [9.17, 15) is 8.78 Å². The van der Waals surface area contributed by atoms with Crippen LogP contribution in [0.5, 0.6) is 0 Å². The number of nitrogens with zero attached hydrogens (tertiary/aromatic N) is 1. The summed E-state index contributed by atoms with van der Waals surface area (Å²) in [6, 6.07) is 16.9. The van der Waals surface area contributed by atoms with Crippen LogP contribution in [0.25, 0.3) is 33.4 Å². The number of rotatable bonds is 2. The molecular formula is C20H15F2N2+. The zero-order valence-corrected chi connectivity index (χ0v) is 13.1. The van der Waals surface area contributed by atoms with Gasteiger partial charge >= 0.3 is 0 Å². The van der Waals surface area contributed by atoms with Gasteiger partial charge in [0, 0.05) is 17.3 Å². The molecule has 0 aliphatic rings. The van der Waals surface area contributed by atoms with Crippen LogP contribution in [-0.4, -0.2) is 4.98 Å². The normalized spacial score (nSPS) is 11.1. The van der Waals surface area contributed by atoms with E-state index in [1.165, 1.54) is 24.3 Å². The van der Waals surface area contributed by atoms with Gasteiger partial charge in [-0.3, -0.25) is 0 Å². The van der Waals surface area contributed by atoms with E-state index in [0.717, 1.165) is 33.4 Å². The van der Waals surface area contributed by atoms with E-state index in [2.05, 4.69) is 4.98 Å². The van der Waals surface area contributed by atoms with Crippen molar-refractivity contribution in [1.82, 2.24) is 4.98 Å². The number of benzene rings is 2. The topological polar surface area (TPSA) is 19.7 Å². The van der Waals surface area contributed by atoms with Gasteiger partial charge in [-0.15, -0.1) is 0 Å². The van der Waals surface area contributed by atoms with E-state index in [-0.39, 0.29) is 11.6 Å². The van der Waals surface area contributed by atoms with Crippen LogP contribution in [0.1, 0.15) is 0 Å². The average molecular weight is 321 g/mol. The molecule has 2 aromatic heterocycles. The average Bonchev–Trinajstić information content (AvgIpc) is 3.01. The number of nitrogens with one attached hydrogen (secondary N) is 1. The summed E-state index contributed by atoms with van der Waals surface area (Å²) in [6.45, 7) is 0. The van der Waals surface area contributed by atoms with Crippen molar-refractivity contribution in [3.05, 3.63) is 78.5 Å². The first-order chi connectivity index (χ1) is 11.6. The molecule has 0 bridgehead atoms. The van der Waals surface area contributed by atoms with Gasteiger partial charge in [-0.05, 0) is 60.2 Å². The van der Waals surface area contributed by atoms with Crippen LogP contribution in [0.3, 0.4) is 0 Å². The van der Waals surface area contributed by atoms with Crippen LogP contribution in [0.4, 0.5) is 8.78 Å². The molecular weight excluding hydrogens is 306 g/mol. The number of aromatic nitrogens is 2. The number of pyridine rings is 1. The van der Waals surface area contributed by atoms with Crippen molar-refractivity contribution in [2.45, 2.75) is 0 Å². The lowest BCUT2D eigenvalue weighted by Crippen LogP contribution is -2.30. The second-order valence-electron chi connectivity index (χ2n) is 5.80. The summed E-state index contributed by atoms with van der Waals surface area (Å²) in [4.78, 5) is 3.37. The molecule has 0 amide bonds. The summed E-state index contributed by atoms with van der Waals surface area (Å²) in [6.07, 6.45) is 1.96. The third kappa shape index (κ3) is 2.46. The van der Waals surface area contributed by atoms with Crippen molar-refractivity contribution in [2.24, 2.45) is 7.05 Å². The molecule has 0 saturated heterocycles. The van der Waals surface area contributed by atoms with Crippen LogP contribution in [0.15, 0.2) is 66.9 Å². The van der Waals surface area contributed by atoms with Gasteiger partial charge in [0.25, 0.3) is 0 Å². The van der Waals surface area contributed by atoms with Gasteiger partial charge in [0.05, 0.1) is 10.9 Å². The van der Waals surface area contributed by atoms with Crippen molar-refractivity contribution in [2.75, 3.05) is 0 Å². The van der Waals surface area contributed by atoms with Crippen LogP contribution in [-0.2, 0) is 7.05 Å². The molecule has 2 heterocycles. The fourth-order valence-corrected chi connectivity index (χ4v) is 3.00. The molecule has 4 rings (SSSR count). The second-order valence-corrected chi connectivity index (χ2v) is 5.80. The van der Waals surface area contributed by atoms with E-state index < -0.39 is 0 Å². The summed E-state index contributed by atoms with van der Waals surface area (Å²) in [5.41, 5.74) is 4.75. The minimum atomic E-state index is -0.256. The Bertz CT molecular complexity index is 1020. The predicted molar refractivity (Wildman–Crippen MR) is 90.3 cm³/mol. The Kier molecular flexibility index (Phi) is 3.38. The minimum absolute atomic E-state index is 0.255. The highest BCUT2D eigenvalue weighted by Crippen LogP contribution is 2.30. The SMILES string of the molecule is C[n+]1ccc2[nH]c(-c3ccc(F)cc3)cc2c1-c1ccc(F)cc1. The number of H-pyrrole nitrogens is 1. The largest absolute Gasteiger partial charge is 0.354 e. The van der Waals surface area contributed by atoms with Crippen molar-refractivity contribution >= 4 is 10.9 Å². The molecule has 0 unspecified atom stereocenters. The second kappa shape index (κ2) is 5.57. The summed E-state index contributed by atoms with van der Waals surface area (Å²) >= 11 is 0. The zero-order chi connectivity index (χ0) is 16.7. The molecule has 4 aromatic rings. The maximum absolute atomic E-state index is 13.2. The first kappa shape index (κ1) is 14.6. The molecule has 24 heavy (non-hydrogen) atoms. The standard InChI is InChI=1S/C20H14F2N2/c1-24-11-10-18-17(20(24)14-4-8-16(22)9-5-14)12-19(23-18)13-2-6-15(21)7-3-13/h2-12H,1H3/p+1. The van der Waals surface area contributed by atoms with Gasteiger partial charge in [0.15, 0.2) is 6.20 Å². The molecule has 2 nitrogen and oxygen atoms in total. The monoisotopic (exact) mass is 321 g/mol. The van der Waals surface area contributed by atoms with Crippen molar-refractivity contribution in [3.8, 4) is 22.5 Å².